The maximum Gasteiger partial charge on any atom is 0.195 e. The van der Waals surface area contributed by atoms with Gasteiger partial charge in [0, 0.05) is 43.0 Å². The summed E-state index contributed by atoms with van der Waals surface area (Å²) in [5, 5.41) is 20.0. The molecule has 0 amide bonds. The van der Waals surface area contributed by atoms with E-state index in [4.69, 9.17) is 4.84 Å². The lowest BCUT2D eigenvalue weighted by atomic mass is 9.96. The number of alkyl halides is 1. The molecule has 1 saturated heterocycles. The Labute approximate surface area is 187 Å². The summed E-state index contributed by atoms with van der Waals surface area (Å²) >= 11 is 0. The first-order chi connectivity index (χ1) is 16.0. The Morgan fingerprint density at radius 3 is 2.76 bits per heavy atom. The van der Waals surface area contributed by atoms with E-state index in [0.29, 0.717) is 41.0 Å². The van der Waals surface area contributed by atoms with Gasteiger partial charge >= 0.3 is 0 Å². The van der Waals surface area contributed by atoms with E-state index in [2.05, 4.69) is 25.7 Å². The minimum atomic E-state index is -1.52. The molecule has 0 spiro atoms. The molecule has 0 saturated carbocycles. The molecule has 2 aliphatic heterocycles. The van der Waals surface area contributed by atoms with Crippen molar-refractivity contribution >= 4 is 11.4 Å². The van der Waals surface area contributed by atoms with E-state index < -0.39 is 5.67 Å². The Bertz CT molecular complexity index is 1360. The summed E-state index contributed by atoms with van der Waals surface area (Å²) in [6.07, 6.45) is 5.42. The molecule has 2 aliphatic rings. The normalized spacial score (nSPS) is 20.0. The number of pyridine rings is 1. The summed E-state index contributed by atoms with van der Waals surface area (Å²) in [6.45, 7) is 1.07. The number of hydrogen-bond donors (Lipinski definition) is 0. The van der Waals surface area contributed by atoms with Gasteiger partial charge in [-0.05, 0) is 30.8 Å². The lowest BCUT2D eigenvalue weighted by Crippen LogP contribution is -2.55. The monoisotopic (exact) mass is 450 g/mol. The van der Waals surface area contributed by atoms with Crippen molar-refractivity contribution in [1.82, 2.24) is 34.5 Å². The van der Waals surface area contributed by atoms with Gasteiger partial charge in [0.1, 0.15) is 5.82 Å². The van der Waals surface area contributed by atoms with Crippen LogP contribution in [0.5, 0.6) is 0 Å². The fourth-order valence-electron chi connectivity index (χ4n) is 4.48. The summed E-state index contributed by atoms with van der Waals surface area (Å²) in [6, 6.07) is 8.44. The third-order valence-electron chi connectivity index (χ3n) is 6.06. The van der Waals surface area contributed by atoms with Crippen molar-refractivity contribution in [3.05, 3.63) is 66.1 Å². The average molecular weight is 450 g/mol. The molecule has 168 valence electrons. The molecule has 0 N–H and O–H groups in total. The van der Waals surface area contributed by atoms with Crippen molar-refractivity contribution in [3.63, 3.8) is 0 Å². The predicted molar refractivity (Wildman–Crippen MR) is 115 cm³/mol. The number of halogens is 2. The summed E-state index contributed by atoms with van der Waals surface area (Å²) in [5.74, 6) is -0.112. The van der Waals surface area contributed by atoms with Gasteiger partial charge in [0.25, 0.3) is 0 Å². The molecule has 33 heavy (non-hydrogen) atoms. The van der Waals surface area contributed by atoms with E-state index in [-0.39, 0.29) is 30.8 Å². The zero-order valence-electron chi connectivity index (χ0n) is 17.8. The number of benzene rings is 1. The molecule has 1 fully saturated rings. The predicted octanol–water partition coefficient (Wildman–Crippen LogP) is 2.43. The quantitative estimate of drug-likeness (QED) is 0.464. The molecular weight excluding hydrogens is 430 g/mol. The van der Waals surface area contributed by atoms with Crippen LogP contribution in [0.4, 0.5) is 8.78 Å². The molecular formula is C22H20F2N8O. The number of aromatic nitrogens is 6. The van der Waals surface area contributed by atoms with E-state index >= 15 is 8.78 Å². The molecule has 11 heteroatoms. The van der Waals surface area contributed by atoms with Crippen LogP contribution >= 0.6 is 0 Å². The molecule has 3 aromatic heterocycles. The molecule has 9 nitrogen and oxygen atoms in total. The number of rotatable bonds is 5. The highest BCUT2D eigenvalue weighted by Gasteiger charge is 2.47. The van der Waals surface area contributed by atoms with Crippen LogP contribution in [0, 0.1) is 5.82 Å². The first-order valence-electron chi connectivity index (χ1n) is 10.6. The highest BCUT2D eigenvalue weighted by atomic mass is 19.1. The second-order valence-corrected chi connectivity index (χ2v) is 8.59. The zero-order chi connectivity index (χ0) is 22.6. The lowest BCUT2D eigenvalue weighted by Gasteiger charge is -2.40. The fourth-order valence-corrected chi connectivity index (χ4v) is 4.48. The summed E-state index contributed by atoms with van der Waals surface area (Å²) in [5.41, 5.74) is 1.36. The fraction of sp³-hybridized carbons (Fsp3) is 0.318. The highest BCUT2D eigenvalue weighted by Crippen LogP contribution is 2.35. The Kier molecular flexibility index (Phi) is 4.47. The summed E-state index contributed by atoms with van der Waals surface area (Å²) in [7, 11) is 1.85. The van der Waals surface area contributed by atoms with Crippen molar-refractivity contribution in [3.8, 4) is 11.1 Å². The Hall–Kier alpha value is -3.73. The van der Waals surface area contributed by atoms with Gasteiger partial charge in [-0.1, -0.05) is 22.5 Å². The highest BCUT2D eigenvalue weighted by molar-refractivity contribution is 6.01. The van der Waals surface area contributed by atoms with E-state index in [9.17, 15) is 0 Å². The summed E-state index contributed by atoms with van der Waals surface area (Å²) in [4.78, 5) is 7.35. The molecule has 0 unspecified atom stereocenters. The largest absolute Gasteiger partial charge is 0.390 e. The molecule has 1 aromatic carbocycles. The van der Waals surface area contributed by atoms with Crippen molar-refractivity contribution in [2.24, 2.45) is 5.16 Å². The van der Waals surface area contributed by atoms with Crippen molar-refractivity contribution in [2.45, 2.75) is 24.7 Å². The van der Waals surface area contributed by atoms with Crippen LogP contribution in [0.2, 0.25) is 0 Å². The van der Waals surface area contributed by atoms with Crippen LogP contribution in [0.3, 0.4) is 0 Å². The number of nitrogens with zero attached hydrogens (tertiary/aromatic N) is 8. The van der Waals surface area contributed by atoms with Crippen molar-refractivity contribution < 1.29 is 13.6 Å². The first kappa shape index (κ1) is 19.9. The molecule has 6 rings (SSSR count). The van der Waals surface area contributed by atoms with Crippen LogP contribution in [0.25, 0.3) is 16.8 Å². The van der Waals surface area contributed by atoms with Crippen LogP contribution < -0.4 is 0 Å². The van der Waals surface area contributed by atoms with E-state index in [1.54, 1.807) is 45.9 Å². The van der Waals surface area contributed by atoms with Crippen molar-refractivity contribution in [2.75, 3.05) is 20.1 Å². The number of oxime groups is 1. The van der Waals surface area contributed by atoms with Gasteiger partial charge < -0.3 is 4.84 Å². The first-order valence-corrected chi connectivity index (χ1v) is 10.6. The molecule has 0 bridgehead atoms. The number of likely N-dealkylation sites (N-methyl/N-ethyl adjacent to an activating group) is 1. The molecule has 1 atom stereocenters. The number of fused-ring (bicyclic) bond motifs is 1. The van der Waals surface area contributed by atoms with Gasteiger partial charge in [-0.3, -0.25) is 9.30 Å². The number of hydrogen-bond acceptors (Lipinski definition) is 7. The van der Waals surface area contributed by atoms with Gasteiger partial charge in [0.2, 0.25) is 0 Å². The molecule has 0 aliphatic carbocycles. The Morgan fingerprint density at radius 2 is 2.00 bits per heavy atom. The lowest BCUT2D eigenvalue weighted by molar-refractivity contribution is -0.0272. The topological polar surface area (TPSA) is 85.7 Å². The van der Waals surface area contributed by atoms with Gasteiger partial charge in [0.05, 0.1) is 18.5 Å². The third-order valence-corrected chi connectivity index (χ3v) is 6.06. The number of likely N-dealkylation sites (tertiary alicyclic amines) is 1. The molecule has 0 radical (unpaired) electrons. The SMILES string of the molecule is CN1CC(F)(c2nnc3cc(-c4ccc(C5=NO[C@@H](Cn6ccnn6)C5)cc4F)ccn23)C1. The van der Waals surface area contributed by atoms with Crippen molar-refractivity contribution in [1.29, 1.82) is 0 Å². The average Bonchev–Trinajstić information content (AvgIpc) is 3.54. The van der Waals surface area contributed by atoms with Gasteiger partial charge in [-0.25, -0.2) is 13.5 Å². The second kappa shape index (κ2) is 7.41. The maximum atomic E-state index is 15.1. The standard InChI is InChI=1S/C22H20F2N8O/c1-30-12-22(24,13-30)21-27-26-20-9-14(4-6-32(20)21)17-3-2-15(8-18(17)23)19-10-16(33-28-19)11-31-7-5-25-29-31/h2-9,16H,10-13H2,1H3/t16-/m1/s1. The Balaban J connectivity index is 1.22. The minimum absolute atomic E-state index is 0.178. The van der Waals surface area contributed by atoms with Gasteiger partial charge in [0.15, 0.2) is 23.2 Å². The van der Waals surface area contributed by atoms with Crippen LogP contribution in [-0.4, -0.2) is 66.4 Å². The van der Waals surface area contributed by atoms with E-state index in [1.807, 2.05) is 18.0 Å². The smallest absolute Gasteiger partial charge is 0.195 e. The third kappa shape index (κ3) is 3.44. The summed E-state index contributed by atoms with van der Waals surface area (Å²) < 4.78 is 33.4. The van der Waals surface area contributed by atoms with Gasteiger partial charge in [-0.15, -0.1) is 15.3 Å². The van der Waals surface area contributed by atoms with Crippen LogP contribution in [0.15, 0.2) is 54.1 Å². The minimum Gasteiger partial charge on any atom is -0.390 e. The van der Waals surface area contributed by atoms with E-state index in [0.717, 1.165) is 0 Å². The molecule has 5 heterocycles. The van der Waals surface area contributed by atoms with E-state index in [1.165, 1.54) is 6.07 Å². The van der Waals surface area contributed by atoms with Gasteiger partial charge in [-0.2, -0.15) is 0 Å². The maximum absolute atomic E-state index is 15.1. The van der Waals surface area contributed by atoms with Crippen LogP contribution in [-0.2, 0) is 17.1 Å². The Morgan fingerprint density at radius 1 is 1.12 bits per heavy atom. The van der Waals surface area contributed by atoms with Crippen LogP contribution in [0.1, 0.15) is 17.8 Å². The molecule has 4 aromatic rings. The zero-order valence-corrected chi connectivity index (χ0v) is 17.8. The second-order valence-electron chi connectivity index (χ2n) is 8.59.